The first kappa shape index (κ1) is 17.2. The van der Waals surface area contributed by atoms with Crippen LogP contribution in [-0.2, 0) is 4.74 Å². The van der Waals surface area contributed by atoms with Gasteiger partial charge in [-0.1, -0.05) is 18.2 Å². The van der Waals surface area contributed by atoms with E-state index in [1.807, 2.05) is 31.2 Å². The third-order valence-electron chi connectivity index (χ3n) is 5.56. The largest absolute Gasteiger partial charge is 0.473 e. The first-order valence-electron chi connectivity index (χ1n) is 9.48. The molecule has 3 aromatic rings. The number of benzene rings is 1. The molecule has 0 bridgehead atoms. The molecule has 2 fully saturated rings. The molecule has 0 N–H and O–H groups in total. The van der Waals surface area contributed by atoms with Gasteiger partial charge in [-0.25, -0.2) is 4.98 Å². The Morgan fingerprint density at radius 2 is 2.14 bits per heavy atom. The van der Waals surface area contributed by atoms with Crippen molar-refractivity contribution in [2.75, 3.05) is 19.7 Å². The van der Waals surface area contributed by atoms with Crippen LogP contribution in [0, 0.1) is 6.92 Å². The van der Waals surface area contributed by atoms with E-state index in [0.29, 0.717) is 31.3 Å². The van der Waals surface area contributed by atoms with E-state index in [0.717, 1.165) is 29.4 Å². The summed E-state index contributed by atoms with van der Waals surface area (Å²) >= 11 is 0. The van der Waals surface area contributed by atoms with E-state index in [1.165, 1.54) is 0 Å². The van der Waals surface area contributed by atoms with Crippen LogP contribution < -0.4 is 4.74 Å². The minimum absolute atomic E-state index is 0.00985. The number of furan rings is 1. The molecule has 2 aliphatic heterocycles. The lowest BCUT2D eigenvalue weighted by atomic mass is 9.84. The van der Waals surface area contributed by atoms with E-state index in [-0.39, 0.29) is 17.6 Å². The molecule has 4 heterocycles. The average molecular weight is 379 g/mol. The van der Waals surface area contributed by atoms with Gasteiger partial charge in [-0.15, -0.1) is 0 Å². The average Bonchev–Trinajstić information content (AvgIpc) is 3.03. The van der Waals surface area contributed by atoms with E-state index in [1.54, 1.807) is 23.5 Å². The van der Waals surface area contributed by atoms with Gasteiger partial charge in [-0.05, 0) is 13.0 Å². The van der Waals surface area contributed by atoms with Gasteiger partial charge in [0.15, 0.2) is 5.76 Å². The zero-order valence-corrected chi connectivity index (χ0v) is 15.6. The zero-order valence-electron chi connectivity index (χ0n) is 15.6. The van der Waals surface area contributed by atoms with E-state index in [9.17, 15) is 4.79 Å². The van der Waals surface area contributed by atoms with Gasteiger partial charge in [0.1, 0.15) is 17.3 Å². The Labute approximate surface area is 162 Å². The first-order valence-corrected chi connectivity index (χ1v) is 9.48. The standard InChI is InChI=1S/C21H21N3O4/c1-14-16-4-2-3-5-17(16)28-19(14)20(25)24-12-21(13-24)10-15(6-9-26-21)27-18-11-22-7-8-23-18/h2-5,7-8,11,15H,6,9-10,12-13H2,1H3/t15-/m0/s1. The second kappa shape index (κ2) is 6.60. The molecule has 0 radical (unpaired) electrons. The molecule has 1 aromatic carbocycles. The van der Waals surface area contributed by atoms with Crippen molar-refractivity contribution in [2.24, 2.45) is 0 Å². The summed E-state index contributed by atoms with van der Waals surface area (Å²) in [7, 11) is 0. The van der Waals surface area contributed by atoms with Crippen molar-refractivity contribution in [1.29, 1.82) is 0 Å². The Hall–Kier alpha value is -2.93. The summed E-state index contributed by atoms with van der Waals surface area (Å²) in [6, 6.07) is 7.71. The number of amides is 1. The van der Waals surface area contributed by atoms with Gasteiger partial charge in [0.25, 0.3) is 5.91 Å². The first-order chi connectivity index (χ1) is 13.6. The molecule has 1 atom stereocenters. The molecule has 144 valence electrons. The minimum atomic E-state index is -0.347. The smallest absolute Gasteiger partial charge is 0.290 e. The van der Waals surface area contributed by atoms with Crippen LogP contribution in [-0.4, -0.2) is 52.2 Å². The molecule has 7 heteroatoms. The van der Waals surface area contributed by atoms with Gasteiger partial charge in [-0.2, -0.15) is 0 Å². The number of nitrogens with zero attached hydrogens (tertiary/aromatic N) is 3. The molecule has 5 rings (SSSR count). The van der Waals surface area contributed by atoms with E-state index < -0.39 is 0 Å². The maximum Gasteiger partial charge on any atom is 0.290 e. The van der Waals surface area contributed by atoms with Crippen molar-refractivity contribution in [3.8, 4) is 5.88 Å². The highest BCUT2D eigenvalue weighted by Gasteiger charge is 2.50. The minimum Gasteiger partial charge on any atom is -0.473 e. The van der Waals surface area contributed by atoms with Crippen LogP contribution in [0.15, 0.2) is 47.3 Å². The van der Waals surface area contributed by atoms with Crippen molar-refractivity contribution in [2.45, 2.75) is 31.5 Å². The van der Waals surface area contributed by atoms with Crippen molar-refractivity contribution < 1.29 is 18.7 Å². The van der Waals surface area contributed by atoms with Gasteiger partial charge in [0.2, 0.25) is 5.88 Å². The second-order valence-corrected chi connectivity index (χ2v) is 7.52. The Bertz CT molecular complexity index is 1010. The Kier molecular flexibility index (Phi) is 4.05. The van der Waals surface area contributed by atoms with Crippen LogP contribution in [0.4, 0.5) is 0 Å². The normalized spacial score (nSPS) is 20.9. The number of hydrogen-bond acceptors (Lipinski definition) is 6. The fourth-order valence-electron chi connectivity index (χ4n) is 4.14. The van der Waals surface area contributed by atoms with Gasteiger partial charge >= 0.3 is 0 Å². The van der Waals surface area contributed by atoms with Crippen molar-refractivity contribution in [3.63, 3.8) is 0 Å². The molecule has 0 saturated carbocycles. The van der Waals surface area contributed by atoms with Gasteiger partial charge in [-0.3, -0.25) is 9.78 Å². The molecule has 28 heavy (non-hydrogen) atoms. The Balaban J connectivity index is 1.27. The lowest BCUT2D eigenvalue weighted by Crippen LogP contribution is -2.67. The highest BCUT2D eigenvalue weighted by molar-refractivity contribution is 5.99. The van der Waals surface area contributed by atoms with E-state index in [4.69, 9.17) is 13.9 Å². The molecular formula is C21H21N3O4. The number of carbonyl (C=O) groups is 1. The topological polar surface area (TPSA) is 77.7 Å². The maximum absolute atomic E-state index is 12.9. The van der Waals surface area contributed by atoms with Crippen LogP contribution in [0.25, 0.3) is 11.0 Å². The van der Waals surface area contributed by atoms with Crippen LogP contribution in [0.1, 0.15) is 29.0 Å². The quantitative estimate of drug-likeness (QED) is 0.696. The molecule has 1 spiro atoms. The van der Waals surface area contributed by atoms with Crippen molar-refractivity contribution >= 4 is 16.9 Å². The summed E-state index contributed by atoms with van der Waals surface area (Å²) in [6.07, 6.45) is 6.39. The fourth-order valence-corrected chi connectivity index (χ4v) is 4.14. The highest BCUT2D eigenvalue weighted by atomic mass is 16.5. The van der Waals surface area contributed by atoms with Crippen LogP contribution in [0.3, 0.4) is 0 Å². The monoisotopic (exact) mass is 379 g/mol. The van der Waals surface area contributed by atoms with Gasteiger partial charge in [0, 0.05) is 36.2 Å². The number of aromatic nitrogens is 2. The SMILES string of the molecule is Cc1c(C(=O)N2CC3(C[C@@H](Oc4cnccn4)CCO3)C2)oc2ccccc12. The summed E-state index contributed by atoms with van der Waals surface area (Å²) in [5, 5.41) is 0.979. The molecule has 2 aliphatic rings. The molecule has 1 amide bonds. The number of ether oxygens (including phenoxy) is 2. The summed E-state index contributed by atoms with van der Waals surface area (Å²) in [4.78, 5) is 22.9. The highest BCUT2D eigenvalue weighted by Crippen LogP contribution is 2.37. The lowest BCUT2D eigenvalue weighted by molar-refractivity contribution is -0.174. The number of fused-ring (bicyclic) bond motifs is 1. The number of rotatable bonds is 3. The molecule has 2 aromatic heterocycles. The summed E-state index contributed by atoms with van der Waals surface area (Å²) in [5.41, 5.74) is 1.28. The summed E-state index contributed by atoms with van der Waals surface area (Å²) in [5.74, 6) is 0.855. The summed E-state index contributed by atoms with van der Waals surface area (Å²) in [6.45, 7) is 3.62. The zero-order chi connectivity index (χ0) is 19.1. The maximum atomic E-state index is 12.9. The van der Waals surface area contributed by atoms with Gasteiger partial charge < -0.3 is 18.8 Å². The number of hydrogen-bond donors (Lipinski definition) is 0. The molecule has 0 aliphatic carbocycles. The van der Waals surface area contributed by atoms with E-state index in [2.05, 4.69) is 9.97 Å². The predicted octanol–water partition coefficient (Wildman–Crippen LogP) is 2.98. The van der Waals surface area contributed by atoms with E-state index >= 15 is 0 Å². The third kappa shape index (κ3) is 2.92. The number of aryl methyl sites for hydroxylation is 1. The molecular weight excluding hydrogens is 358 g/mol. The molecule has 0 unspecified atom stereocenters. The fraction of sp³-hybridized carbons (Fsp3) is 0.381. The summed E-state index contributed by atoms with van der Waals surface area (Å²) < 4.78 is 17.8. The van der Waals surface area contributed by atoms with Crippen molar-refractivity contribution in [1.82, 2.24) is 14.9 Å². The second-order valence-electron chi connectivity index (χ2n) is 7.52. The van der Waals surface area contributed by atoms with Crippen LogP contribution >= 0.6 is 0 Å². The Morgan fingerprint density at radius 3 is 2.93 bits per heavy atom. The molecule has 2 saturated heterocycles. The Morgan fingerprint density at radius 1 is 1.29 bits per heavy atom. The van der Waals surface area contributed by atoms with Crippen molar-refractivity contribution in [3.05, 3.63) is 54.2 Å². The van der Waals surface area contributed by atoms with Crippen LogP contribution in [0.5, 0.6) is 5.88 Å². The van der Waals surface area contributed by atoms with Gasteiger partial charge in [0.05, 0.1) is 25.9 Å². The lowest BCUT2D eigenvalue weighted by Gasteiger charge is -2.52. The third-order valence-corrected chi connectivity index (χ3v) is 5.56. The number of likely N-dealkylation sites (tertiary alicyclic amines) is 1. The predicted molar refractivity (Wildman–Crippen MR) is 101 cm³/mol. The van der Waals surface area contributed by atoms with Crippen LogP contribution in [0.2, 0.25) is 0 Å². The number of para-hydroxylation sites is 1. The molecule has 7 nitrogen and oxygen atoms in total. The number of carbonyl (C=O) groups excluding carboxylic acids is 1.